The van der Waals surface area contributed by atoms with E-state index in [1.807, 2.05) is 16.7 Å². The van der Waals surface area contributed by atoms with E-state index in [1.54, 1.807) is 7.11 Å². The maximum Gasteiger partial charge on any atom is 0.199 e. The maximum atomic E-state index is 5.49. The number of aryl methyl sites for hydroxylation is 1. The molecule has 4 rings (SSSR count). The van der Waals surface area contributed by atoms with Crippen LogP contribution in [0.25, 0.3) is 16.5 Å². The maximum absolute atomic E-state index is 5.49. The van der Waals surface area contributed by atoms with Crippen molar-refractivity contribution in [2.24, 2.45) is 0 Å². The van der Waals surface area contributed by atoms with Gasteiger partial charge in [0.25, 0.3) is 0 Å². The first-order valence-electron chi connectivity index (χ1n) is 8.89. The van der Waals surface area contributed by atoms with Crippen LogP contribution in [-0.2, 0) is 0 Å². The monoisotopic (exact) mass is 375 g/mol. The Morgan fingerprint density at radius 1 is 1.00 bits per heavy atom. The van der Waals surface area contributed by atoms with Crippen LogP contribution in [0.1, 0.15) is 29.8 Å². The molecule has 4 nitrogen and oxygen atoms in total. The second-order valence-electron chi connectivity index (χ2n) is 6.75. The van der Waals surface area contributed by atoms with Gasteiger partial charge in [0.1, 0.15) is 11.6 Å². The summed E-state index contributed by atoms with van der Waals surface area (Å²) in [5.74, 6) is 1.85. The molecule has 0 saturated heterocycles. The molecule has 0 bridgehead atoms. The zero-order valence-corrected chi connectivity index (χ0v) is 16.4. The van der Waals surface area contributed by atoms with Gasteiger partial charge in [-0.3, -0.25) is 9.67 Å². The van der Waals surface area contributed by atoms with Gasteiger partial charge in [0.05, 0.1) is 7.11 Å². The van der Waals surface area contributed by atoms with Crippen LogP contribution in [-0.4, -0.2) is 21.9 Å². The Morgan fingerprint density at radius 3 is 2.44 bits per heavy atom. The number of nitrogens with one attached hydrogen (secondary N) is 1. The van der Waals surface area contributed by atoms with E-state index in [-0.39, 0.29) is 5.92 Å². The number of hydrogen-bond donors (Lipinski definition) is 1. The molecule has 1 unspecified atom stereocenters. The van der Waals surface area contributed by atoms with Crippen molar-refractivity contribution in [3.63, 3.8) is 0 Å². The van der Waals surface area contributed by atoms with Crippen molar-refractivity contribution >= 4 is 23.0 Å². The fraction of sp³-hybridized carbons (Fsp3) is 0.182. The summed E-state index contributed by atoms with van der Waals surface area (Å²) in [4.78, 5) is 0. The number of H-pyrrole nitrogens is 1. The number of fused-ring (bicyclic) bond motifs is 1. The third-order valence-electron chi connectivity index (χ3n) is 4.95. The van der Waals surface area contributed by atoms with Gasteiger partial charge in [-0.05, 0) is 59.7 Å². The lowest BCUT2D eigenvalue weighted by molar-refractivity contribution is 0.415. The Morgan fingerprint density at radius 2 is 1.70 bits per heavy atom. The van der Waals surface area contributed by atoms with Crippen LogP contribution in [0.4, 0.5) is 0 Å². The van der Waals surface area contributed by atoms with Gasteiger partial charge in [-0.25, -0.2) is 0 Å². The highest BCUT2D eigenvalue weighted by Gasteiger charge is 2.18. The summed E-state index contributed by atoms with van der Waals surface area (Å²) in [5, 5.41) is 9.81. The molecule has 0 spiro atoms. The van der Waals surface area contributed by atoms with Crippen LogP contribution in [0.5, 0.6) is 5.75 Å². The van der Waals surface area contributed by atoms with Gasteiger partial charge >= 0.3 is 0 Å². The minimum Gasteiger partial charge on any atom is -0.497 e. The number of nitrogens with zero attached hydrogens (tertiary/aromatic N) is 2. The quantitative estimate of drug-likeness (QED) is 0.475. The molecule has 136 valence electrons. The summed E-state index contributed by atoms with van der Waals surface area (Å²) in [6.07, 6.45) is 0. The van der Waals surface area contributed by atoms with Crippen molar-refractivity contribution in [3.05, 3.63) is 82.4 Å². The molecular formula is C22H21N3OS. The van der Waals surface area contributed by atoms with Gasteiger partial charge in [-0.2, -0.15) is 5.10 Å². The normalized spacial score (nSPS) is 12.3. The van der Waals surface area contributed by atoms with Crippen LogP contribution in [0.3, 0.4) is 0 Å². The first-order valence-corrected chi connectivity index (χ1v) is 9.29. The van der Waals surface area contributed by atoms with Crippen LogP contribution in [0, 0.1) is 11.7 Å². The number of hydrogen-bond acceptors (Lipinski definition) is 3. The predicted octanol–water partition coefficient (Wildman–Crippen LogP) is 5.55. The summed E-state index contributed by atoms with van der Waals surface area (Å²) in [7, 11) is 1.69. The van der Waals surface area contributed by atoms with Gasteiger partial charge in [0.2, 0.25) is 0 Å². The van der Waals surface area contributed by atoms with Crippen molar-refractivity contribution in [2.75, 3.05) is 7.11 Å². The first kappa shape index (κ1) is 17.5. The van der Waals surface area contributed by atoms with Crippen LogP contribution in [0.2, 0.25) is 0 Å². The summed E-state index contributed by atoms with van der Waals surface area (Å²) >= 11 is 5.49. The van der Waals surface area contributed by atoms with E-state index in [4.69, 9.17) is 17.0 Å². The van der Waals surface area contributed by atoms with Gasteiger partial charge < -0.3 is 4.74 Å². The molecular weight excluding hydrogens is 354 g/mol. The lowest BCUT2D eigenvalue weighted by Gasteiger charge is -2.15. The Labute approximate surface area is 163 Å². The molecule has 5 heteroatoms. The molecule has 0 aliphatic carbocycles. The minimum absolute atomic E-state index is 0.0887. The summed E-state index contributed by atoms with van der Waals surface area (Å²) in [6.45, 7) is 4.23. The van der Waals surface area contributed by atoms with Crippen molar-refractivity contribution < 1.29 is 4.74 Å². The van der Waals surface area contributed by atoms with Crippen LogP contribution in [0.15, 0.2) is 60.7 Å². The van der Waals surface area contributed by atoms with Crippen molar-refractivity contribution in [3.8, 4) is 11.4 Å². The van der Waals surface area contributed by atoms with Crippen LogP contribution >= 0.6 is 12.2 Å². The lowest BCUT2D eigenvalue weighted by Crippen LogP contribution is -2.07. The number of aromatic nitrogens is 3. The zero-order valence-electron chi connectivity index (χ0n) is 15.6. The van der Waals surface area contributed by atoms with Crippen molar-refractivity contribution in [1.82, 2.24) is 14.8 Å². The molecule has 1 aromatic heterocycles. The Balaban J connectivity index is 1.77. The van der Waals surface area contributed by atoms with Crippen LogP contribution < -0.4 is 4.74 Å². The molecule has 0 amide bonds. The molecule has 1 N–H and O–H groups in total. The average Bonchev–Trinajstić information content (AvgIpc) is 3.08. The van der Waals surface area contributed by atoms with E-state index in [1.165, 1.54) is 16.5 Å². The number of rotatable bonds is 4. The molecule has 0 aliphatic rings. The second kappa shape index (κ2) is 7.00. The fourth-order valence-corrected chi connectivity index (χ4v) is 3.58. The highest BCUT2D eigenvalue weighted by molar-refractivity contribution is 7.71. The molecule has 27 heavy (non-hydrogen) atoms. The van der Waals surface area contributed by atoms with E-state index in [9.17, 15) is 0 Å². The number of ether oxygens (including phenoxy) is 1. The number of aromatic amines is 1. The van der Waals surface area contributed by atoms with E-state index in [0.29, 0.717) is 4.77 Å². The third-order valence-corrected chi connectivity index (χ3v) is 5.22. The average molecular weight is 375 g/mol. The van der Waals surface area contributed by atoms with Gasteiger partial charge in [-0.15, -0.1) is 0 Å². The van der Waals surface area contributed by atoms with E-state index in [0.717, 1.165) is 22.6 Å². The summed E-state index contributed by atoms with van der Waals surface area (Å²) in [6, 6.07) is 20.9. The molecule has 0 fully saturated rings. The fourth-order valence-electron chi connectivity index (χ4n) is 3.33. The SMILES string of the molecule is COc1ccc2cc(C(C)c3n[nH]c(=S)n3-c3ccc(C)cc3)ccc2c1. The van der Waals surface area contributed by atoms with E-state index < -0.39 is 0 Å². The highest BCUT2D eigenvalue weighted by Crippen LogP contribution is 2.29. The van der Waals surface area contributed by atoms with Gasteiger partial charge in [0.15, 0.2) is 4.77 Å². The number of methoxy groups -OCH3 is 1. The van der Waals surface area contributed by atoms with Gasteiger partial charge in [0, 0.05) is 11.6 Å². The van der Waals surface area contributed by atoms with Gasteiger partial charge in [-0.1, -0.05) is 48.9 Å². The van der Waals surface area contributed by atoms with Crippen molar-refractivity contribution in [1.29, 1.82) is 0 Å². The largest absolute Gasteiger partial charge is 0.497 e. The molecule has 0 radical (unpaired) electrons. The molecule has 4 aromatic rings. The molecule has 1 atom stereocenters. The highest BCUT2D eigenvalue weighted by atomic mass is 32.1. The smallest absolute Gasteiger partial charge is 0.199 e. The summed E-state index contributed by atoms with van der Waals surface area (Å²) in [5.41, 5.74) is 3.43. The topological polar surface area (TPSA) is 42.8 Å². The molecule has 1 heterocycles. The molecule has 0 saturated carbocycles. The minimum atomic E-state index is 0.0887. The summed E-state index contributed by atoms with van der Waals surface area (Å²) < 4.78 is 7.93. The second-order valence-corrected chi connectivity index (χ2v) is 7.14. The Bertz CT molecular complexity index is 1160. The molecule has 0 aliphatic heterocycles. The standard InChI is InChI=1S/C22H21N3OS/c1-14-4-9-19(10-5-14)25-21(23-24-22(25)27)15(2)16-6-7-18-13-20(26-3)11-8-17(18)12-16/h4-13,15H,1-3H3,(H,24,27). The Hall–Kier alpha value is -2.92. The zero-order chi connectivity index (χ0) is 19.0. The van der Waals surface area contributed by atoms with E-state index in [2.05, 4.69) is 72.6 Å². The molecule has 3 aromatic carbocycles. The van der Waals surface area contributed by atoms with Crippen molar-refractivity contribution in [2.45, 2.75) is 19.8 Å². The first-order chi connectivity index (χ1) is 13.1. The third kappa shape index (κ3) is 3.26. The predicted molar refractivity (Wildman–Crippen MR) is 112 cm³/mol. The Kier molecular flexibility index (Phi) is 4.54. The number of benzene rings is 3. The van der Waals surface area contributed by atoms with E-state index >= 15 is 0 Å². The lowest BCUT2D eigenvalue weighted by atomic mass is 9.97.